The van der Waals surface area contributed by atoms with Crippen molar-refractivity contribution in [3.8, 4) is 11.5 Å². The van der Waals surface area contributed by atoms with Crippen molar-refractivity contribution in [2.75, 3.05) is 13.7 Å². The third-order valence-electron chi connectivity index (χ3n) is 4.63. The van der Waals surface area contributed by atoms with Crippen molar-refractivity contribution in [1.82, 2.24) is 10.6 Å². The number of methoxy groups -OCH3 is 1. The Hall–Kier alpha value is -3.21. The van der Waals surface area contributed by atoms with Crippen LogP contribution < -0.4 is 15.4 Å². The maximum Gasteiger partial charge on any atom is 0.192 e. The molecule has 3 aromatic carbocycles. The monoisotopic (exact) mass is 377 g/mol. The first kappa shape index (κ1) is 19.5. The number of phenols is 1. The number of ether oxygens (including phenoxy) is 1. The van der Waals surface area contributed by atoms with Crippen LogP contribution in [0.15, 0.2) is 65.7 Å². The van der Waals surface area contributed by atoms with Gasteiger partial charge in [0.15, 0.2) is 17.5 Å². The lowest BCUT2D eigenvalue weighted by Gasteiger charge is -2.19. The first-order chi connectivity index (χ1) is 13.6. The van der Waals surface area contributed by atoms with Crippen molar-refractivity contribution in [2.24, 2.45) is 4.99 Å². The summed E-state index contributed by atoms with van der Waals surface area (Å²) < 4.78 is 5.09. The molecule has 0 aliphatic carbocycles. The summed E-state index contributed by atoms with van der Waals surface area (Å²) in [5.41, 5.74) is 2.11. The number of rotatable bonds is 6. The van der Waals surface area contributed by atoms with Gasteiger partial charge in [-0.3, -0.25) is 0 Å². The van der Waals surface area contributed by atoms with Crippen molar-refractivity contribution in [3.05, 3.63) is 71.8 Å². The number of nitrogens with zero attached hydrogens (tertiary/aromatic N) is 1. The van der Waals surface area contributed by atoms with Crippen LogP contribution in [0.4, 0.5) is 0 Å². The summed E-state index contributed by atoms with van der Waals surface area (Å²) in [4.78, 5) is 4.65. The zero-order valence-electron chi connectivity index (χ0n) is 16.6. The SMILES string of the molecule is CCNC(=NCc1ccc(OC)c(O)c1)NC(C)c1ccc2ccccc2c1. The third-order valence-corrected chi connectivity index (χ3v) is 4.63. The Kier molecular flexibility index (Phi) is 6.37. The summed E-state index contributed by atoms with van der Waals surface area (Å²) in [5.74, 6) is 1.32. The van der Waals surface area contributed by atoms with Crippen molar-refractivity contribution in [3.63, 3.8) is 0 Å². The Morgan fingerprint density at radius 3 is 2.57 bits per heavy atom. The number of fused-ring (bicyclic) bond motifs is 1. The van der Waals surface area contributed by atoms with E-state index >= 15 is 0 Å². The molecular weight excluding hydrogens is 350 g/mol. The fourth-order valence-corrected chi connectivity index (χ4v) is 3.09. The predicted molar refractivity (Wildman–Crippen MR) is 115 cm³/mol. The standard InChI is InChI=1S/C23H27N3O2/c1-4-24-23(25-15-17-9-12-22(28-3)21(27)13-17)26-16(2)19-11-10-18-7-5-6-8-20(18)14-19/h5-14,16,27H,4,15H2,1-3H3,(H2,24,25,26). The Labute approximate surface area is 166 Å². The van der Waals surface area contributed by atoms with E-state index in [2.05, 4.69) is 65.0 Å². The van der Waals surface area contributed by atoms with Gasteiger partial charge in [-0.05, 0) is 53.9 Å². The van der Waals surface area contributed by atoms with Crippen molar-refractivity contribution in [1.29, 1.82) is 0 Å². The van der Waals surface area contributed by atoms with E-state index in [0.717, 1.165) is 18.1 Å². The number of hydrogen-bond acceptors (Lipinski definition) is 3. The van der Waals surface area contributed by atoms with E-state index in [1.54, 1.807) is 12.1 Å². The highest BCUT2D eigenvalue weighted by Gasteiger charge is 2.09. The highest BCUT2D eigenvalue weighted by molar-refractivity contribution is 5.84. The van der Waals surface area contributed by atoms with Gasteiger partial charge in [-0.1, -0.05) is 42.5 Å². The van der Waals surface area contributed by atoms with Crippen molar-refractivity contribution in [2.45, 2.75) is 26.4 Å². The summed E-state index contributed by atoms with van der Waals surface area (Å²) in [5, 5.41) is 19.1. The van der Waals surface area contributed by atoms with Crippen LogP contribution in [0.2, 0.25) is 0 Å². The second kappa shape index (κ2) is 9.13. The van der Waals surface area contributed by atoms with Crippen LogP contribution in [-0.2, 0) is 6.54 Å². The molecule has 0 aliphatic rings. The number of benzene rings is 3. The molecule has 1 atom stereocenters. The maximum atomic E-state index is 9.94. The van der Waals surface area contributed by atoms with Gasteiger partial charge in [-0.25, -0.2) is 4.99 Å². The van der Waals surface area contributed by atoms with Crippen LogP contribution in [0.3, 0.4) is 0 Å². The largest absolute Gasteiger partial charge is 0.504 e. The Bertz CT molecular complexity index is 969. The maximum absolute atomic E-state index is 9.94. The van der Waals surface area contributed by atoms with E-state index < -0.39 is 0 Å². The minimum atomic E-state index is 0.103. The number of guanidine groups is 1. The minimum absolute atomic E-state index is 0.103. The van der Waals surface area contributed by atoms with Crippen LogP contribution in [-0.4, -0.2) is 24.7 Å². The molecule has 146 valence electrons. The van der Waals surface area contributed by atoms with Gasteiger partial charge < -0.3 is 20.5 Å². The van der Waals surface area contributed by atoms with Gasteiger partial charge in [0.25, 0.3) is 0 Å². The van der Waals surface area contributed by atoms with Gasteiger partial charge in [0, 0.05) is 6.54 Å². The average Bonchev–Trinajstić information content (AvgIpc) is 2.72. The van der Waals surface area contributed by atoms with E-state index in [1.807, 2.05) is 13.0 Å². The summed E-state index contributed by atoms with van der Waals surface area (Å²) in [6.07, 6.45) is 0. The predicted octanol–water partition coefficient (Wildman–Crippen LogP) is 4.37. The zero-order chi connectivity index (χ0) is 19.9. The molecule has 0 saturated heterocycles. The molecule has 0 fully saturated rings. The number of nitrogens with one attached hydrogen (secondary N) is 2. The Morgan fingerprint density at radius 2 is 1.86 bits per heavy atom. The van der Waals surface area contributed by atoms with Gasteiger partial charge in [-0.15, -0.1) is 0 Å². The smallest absolute Gasteiger partial charge is 0.192 e. The molecule has 0 radical (unpaired) electrons. The number of phenolic OH excluding ortho intramolecular Hbond substituents is 1. The third kappa shape index (κ3) is 4.74. The second-order valence-corrected chi connectivity index (χ2v) is 6.67. The van der Waals surface area contributed by atoms with Crippen molar-refractivity contribution >= 4 is 16.7 Å². The molecule has 0 aromatic heterocycles. The summed E-state index contributed by atoms with van der Waals surface area (Å²) in [7, 11) is 1.54. The molecule has 0 spiro atoms. The minimum Gasteiger partial charge on any atom is -0.504 e. The lowest BCUT2D eigenvalue weighted by molar-refractivity contribution is 0.373. The molecule has 3 N–H and O–H groups in total. The van der Waals surface area contributed by atoms with Gasteiger partial charge >= 0.3 is 0 Å². The summed E-state index contributed by atoms with van der Waals surface area (Å²) in [6.45, 7) is 5.38. The van der Waals surface area contributed by atoms with Crippen LogP contribution in [0.5, 0.6) is 11.5 Å². The van der Waals surface area contributed by atoms with Crippen LogP contribution in [0.25, 0.3) is 10.8 Å². The molecule has 5 nitrogen and oxygen atoms in total. The van der Waals surface area contributed by atoms with E-state index in [9.17, 15) is 5.11 Å². The number of aromatic hydroxyl groups is 1. The Morgan fingerprint density at radius 1 is 1.07 bits per heavy atom. The molecular formula is C23H27N3O2. The Balaban J connectivity index is 1.73. The molecule has 0 heterocycles. The first-order valence-corrected chi connectivity index (χ1v) is 9.50. The molecule has 0 saturated carbocycles. The van der Waals surface area contributed by atoms with E-state index in [-0.39, 0.29) is 11.8 Å². The molecule has 0 bridgehead atoms. The molecule has 3 rings (SSSR count). The van der Waals surface area contributed by atoms with Gasteiger partial charge in [-0.2, -0.15) is 0 Å². The lowest BCUT2D eigenvalue weighted by Crippen LogP contribution is -2.38. The molecule has 1 unspecified atom stereocenters. The molecule has 0 amide bonds. The molecule has 28 heavy (non-hydrogen) atoms. The fraction of sp³-hybridized carbons (Fsp3) is 0.261. The fourth-order valence-electron chi connectivity index (χ4n) is 3.09. The highest BCUT2D eigenvalue weighted by Crippen LogP contribution is 2.26. The quantitative estimate of drug-likeness (QED) is 0.441. The van der Waals surface area contributed by atoms with Crippen LogP contribution >= 0.6 is 0 Å². The normalized spacial score (nSPS) is 12.6. The van der Waals surface area contributed by atoms with Gasteiger partial charge in [0.05, 0.1) is 19.7 Å². The van der Waals surface area contributed by atoms with Gasteiger partial charge in [0.1, 0.15) is 0 Å². The molecule has 5 heteroatoms. The zero-order valence-corrected chi connectivity index (χ0v) is 16.6. The number of hydrogen-bond donors (Lipinski definition) is 3. The lowest BCUT2D eigenvalue weighted by atomic mass is 10.0. The van der Waals surface area contributed by atoms with Gasteiger partial charge in [0.2, 0.25) is 0 Å². The second-order valence-electron chi connectivity index (χ2n) is 6.67. The topological polar surface area (TPSA) is 65.9 Å². The summed E-state index contributed by atoms with van der Waals surface area (Å²) in [6, 6.07) is 20.3. The average molecular weight is 377 g/mol. The molecule has 3 aromatic rings. The van der Waals surface area contributed by atoms with Crippen LogP contribution in [0, 0.1) is 0 Å². The number of aliphatic imine (C=N–C) groups is 1. The van der Waals surface area contributed by atoms with E-state index in [0.29, 0.717) is 12.3 Å². The molecule has 0 aliphatic heterocycles. The highest BCUT2D eigenvalue weighted by atomic mass is 16.5. The van der Waals surface area contributed by atoms with Crippen LogP contribution in [0.1, 0.15) is 31.0 Å². The van der Waals surface area contributed by atoms with E-state index in [1.165, 1.54) is 23.4 Å². The van der Waals surface area contributed by atoms with E-state index in [4.69, 9.17) is 4.74 Å². The first-order valence-electron chi connectivity index (χ1n) is 9.50. The summed E-state index contributed by atoms with van der Waals surface area (Å²) >= 11 is 0. The van der Waals surface area contributed by atoms with Crippen molar-refractivity contribution < 1.29 is 9.84 Å².